The first-order valence-electron chi connectivity index (χ1n) is 8.77. The predicted octanol–water partition coefficient (Wildman–Crippen LogP) is 3.40. The lowest BCUT2D eigenvalue weighted by atomic mass is 9.97. The number of nitro groups is 1. The number of nitro benzene ring substituents is 1. The van der Waals surface area contributed by atoms with E-state index < -0.39 is 16.9 Å². The molecular weight excluding hydrogens is 358 g/mol. The first-order valence-corrected chi connectivity index (χ1v) is 9.15. The highest BCUT2D eigenvalue weighted by Crippen LogP contribution is 2.23. The van der Waals surface area contributed by atoms with Gasteiger partial charge in [0.2, 0.25) is 5.91 Å². The second-order valence-electron chi connectivity index (χ2n) is 6.99. The Morgan fingerprint density at radius 2 is 2.04 bits per heavy atom. The zero-order valence-electron chi connectivity index (χ0n) is 15.2. The Labute approximate surface area is 157 Å². The van der Waals surface area contributed by atoms with Crippen LogP contribution in [-0.2, 0) is 4.79 Å². The summed E-state index contributed by atoms with van der Waals surface area (Å²) in [5, 5.41) is 13.5. The summed E-state index contributed by atoms with van der Waals surface area (Å²) in [4.78, 5) is 37.6. The molecule has 26 heavy (non-hydrogen) atoms. The normalized spacial score (nSPS) is 18.5. The van der Waals surface area contributed by atoms with Crippen molar-refractivity contribution in [1.29, 1.82) is 0 Å². The number of piperidine rings is 1. The number of rotatable bonds is 5. The van der Waals surface area contributed by atoms with E-state index in [9.17, 15) is 19.7 Å². The molecule has 1 aliphatic rings. The summed E-state index contributed by atoms with van der Waals surface area (Å²) in [5.74, 6) is -0.711. The maximum atomic E-state index is 12.9. The predicted molar refractivity (Wildman–Crippen MR) is 99.2 cm³/mol. The zero-order valence-corrected chi connectivity index (χ0v) is 16.0. The molecule has 1 heterocycles. The largest absolute Gasteiger partial charge is 0.340 e. The van der Waals surface area contributed by atoms with Gasteiger partial charge < -0.3 is 10.2 Å². The van der Waals surface area contributed by atoms with Crippen molar-refractivity contribution in [2.45, 2.75) is 52.1 Å². The third kappa shape index (κ3) is 4.52. The van der Waals surface area contributed by atoms with Gasteiger partial charge in [0, 0.05) is 24.7 Å². The monoisotopic (exact) mass is 381 g/mol. The van der Waals surface area contributed by atoms with E-state index in [1.807, 2.05) is 25.7 Å². The fourth-order valence-electron chi connectivity index (χ4n) is 3.14. The molecule has 142 valence electrons. The quantitative estimate of drug-likeness (QED) is 0.624. The Balaban J connectivity index is 2.18. The molecule has 0 bridgehead atoms. The van der Waals surface area contributed by atoms with Crippen molar-refractivity contribution in [2.75, 3.05) is 6.54 Å². The van der Waals surface area contributed by atoms with Crippen LogP contribution in [0.15, 0.2) is 18.2 Å². The standard InChI is InChI=1S/C18H24ClN3O4/c1-11(2)16(18(24)21-9-5-4-6-12(21)3)20-17(23)14-8-7-13(22(25)26)10-15(14)19/h7-8,10-12,16H,4-6,9H2,1-3H3,(H,20,23). The van der Waals surface area contributed by atoms with Crippen LogP contribution in [0.3, 0.4) is 0 Å². The number of non-ortho nitro benzene ring substituents is 1. The zero-order chi connectivity index (χ0) is 19.4. The third-order valence-corrected chi connectivity index (χ3v) is 5.03. The second kappa shape index (κ2) is 8.49. The van der Waals surface area contributed by atoms with Crippen LogP contribution in [0, 0.1) is 16.0 Å². The summed E-state index contributed by atoms with van der Waals surface area (Å²) in [6.45, 7) is 6.45. The molecule has 2 atom stereocenters. The van der Waals surface area contributed by atoms with Gasteiger partial charge in [0.05, 0.1) is 15.5 Å². The first kappa shape index (κ1) is 20.2. The molecule has 0 saturated carbocycles. The molecule has 0 spiro atoms. The molecule has 1 saturated heterocycles. The minimum absolute atomic E-state index is 0.0157. The molecule has 0 aliphatic carbocycles. The molecule has 1 aromatic rings. The van der Waals surface area contributed by atoms with E-state index >= 15 is 0 Å². The van der Waals surface area contributed by atoms with E-state index in [4.69, 9.17) is 11.6 Å². The smallest absolute Gasteiger partial charge is 0.270 e. The topological polar surface area (TPSA) is 92.5 Å². The van der Waals surface area contributed by atoms with Crippen LogP contribution in [-0.4, -0.2) is 40.3 Å². The highest BCUT2D eigenvalue weighted by atomic mass is 35.5. The van der Waals surface area contributed by atoms with Crippen LogP contribution >= 0.6 is 11.6 Å². The van der Waals surface area contributed by atoms with Crippen LogP contribution in [0.4, 0.5) is 5.69 Å². The molecule has 2 amide bonds. The number of nitrogens with one attached hydrogen (secondary N) is 1. The maximum Gasteiger partial charge on any atom is 0.270 e. The summed E-state index contributed by atoms with van der Waals surface area (Å²) in [7, 11) is 0. The van der Waals surface area contributed by atoms with Gasteiger partial charge in [0.25, 0.3) is 11.6 Å². The van der Waals surface area contributed by atoms with Crippen molar-refractivity contribution in [3.05, 3.63) is 38.9 Å². The number of hydrogen-bond donors (Lipinski definition) is 1. The number of carbonyl (C=O) groups excluding carboxylic acids is 2. The van der Waals surface area contributed by atoms with Gasteiger partial charge in [-0.25, -0.2) is 0 Å². The summed E-state index contributed by atoms with van der Waals surface area (Å²) >= 11 is 6.02. The van der Waals surface area contributed by atoms with Crippen LogP contribution in [0.1, 0.15) is 50.4 Å². The van der Waals surface area contributed by atoms with Gasteiger partial charge in [-0.05, 0) is 38.2 Å². The van der Waals surface area contributed by atoms with E-state index in [2.05, 4.69) is 5.32 Å². The molecule has 8 heteroatoms. The molecule has 1 aliphatic heterocycles. The Morgan fingerprint density at radius 3 is 2.58 bits per heavy atom. The minimum atomic E-state index is -0.672. The summed E-state index contributed by atoms with van der Waals surface area (Å²) in [6.07, 6.45) is 3.02. The van der Waals surface area contributed by atoms with Gasteiger partial charge in [-0.3, -0.25) is 19.7 Å². The number of hydrogen-bond acceptors (Lipinski definition) is 4. The SMILES string of the molecule is CC(C)C(NC(=O)c1ccc([N+](=O)[O-])cc1Cl)C(=O)N1CCCCC1C. The Bertz CT molecular complexity index is 708. The second-order valence-corrected chi connectivity index (χ2v) is 7.40. The van der Waals surface area contributed by atoms with Gasteiger partial charge in [0.15, 0.2) is 0 Å². The Morgan fingerprint density at radius 1 is 1.35 bits per heavy atom. The average Bonchev–Trinajstić information content (AvgIpc) is 2.58. The molecule has 1 aromatic carbocycles. The van der Waals surface area contributed by atoms with Crippen molar-refractivity contribution in [3.63, 3.8) is 0 Å². The molecule has 7 nitrogen and oxygen atoms in total. The van der Waals surface area contributed by atoms with E-state index in [1.54, 1.807) is 0 Å². The van der Waals surface area contributed by atoms with Gasteiger partial charge in [0.1, 0.15) is 6.04 Å². The Kier molecular flexibility index (Phi) is 6.58. The number of halogens is 1. The number of carbonyl (C=O) groups is 2. The van der Waals surface area contributed by atoms with Crippen molar-refractivity contribution in [1.82, 2.24) is 10.2 Å². The molecule has 0 aromatic heterocycles. The molecular formula is C18H24ClN3O4. The molecule has 2 unspecified atom stereocenters. The molecule has 2 rings (SSSR count). The molecule has 0 radical (unpaired) electrons. The highest BCUT2D eigenvalue weighted by molar-refractivity contribution is 6.34. The minimum Gasteiger partial charge on any atom is -0.340 e. The highest BCUT2D eigenvalue weighted by Gasteiger charge is 2.32. The fraction of sp³-hybridized carbons (Fsp3) is 0.556. The van der Waals surface area contributed by atoms with Crippen molar-refractivity contribution in [3.8, 4) is 0 Å². The average molecular weight is 382 g/mol. The number of benzene rings is 1. The lowest BCUT2D eigenvalue weighted by Crippen LogP contribution is -2.54. The van der Waals surface area contributed by atoms with E-state index in [-0.39, 0.29) is 34.1 Å². The molecule has 1 N–H and O–H groups in total. The van der Waals surface area contributed by atoms with Gasteiger partial charge in [-0.1, -0.05) is 25.4 Å². The van der Waals surface area contributed by atoms with Gasteiger partial charge in [-0.15, -0.1) is 0 Å². The van der Waals surface area contributed by atoms with Crippen molar-refractivity contribution in [2.24, 2.45) is 5.92 Å². The number of likely N-dealkylation sites (tertiary alicyclic amines) is 1. The maximum absolute atomic E-state index is 12.9. The van der Waals surface area contributed by atoms with Gasteiger partial charge >= 0.3 is 0 Å². The van der Waals surface area contributed by atoms with Gasteiger partial charge in [-0.2, -0.15) is 0 Å². The third-order valence-electron chi connectivity index (χ3n) is 4.71. The van der Waals surface area contributed by atoms with Crippen LogP contribution < -0.4 is 5.32 Å². The van der Waals surface area contributed by atoms with E-state index in [0.717, 1.165) is 25.3 Å². The van der Waals surface area contributed by atoms with E-state index in [1.165, 1.54) is 12.1 Å². The number of amides is 2. The first-order chi connectivity index (χ1) is 12.2. The van der Waals surface area contributed by atoms with Crippen molar-refractivity contribution >= 4 is 29.1 Å². The Hall–Kier alpha value is -2.15. The lowest BCUT2D eigenvalue weighted by Gasteiger charge is -2.37. The van der Waals surface area contributed by atoms with Crippen LogP contribution in [0.25, 0.3) is 0 Å². The summed E-state index contributed by atoms with van der Waals surface area (Å²) in [5.41, 5.74) is -0.0763. The lowest BCUT2D eigenvalue weighted by molar-refractivity contribution is -0.384. The van der Waals surface area contributed by atoms with E-state index in [0.29, 0.717) is 6.54 Å². The summed E-state index contributed by atoms with van der Waals surface area (Å²) < 4.78 is 0. The van der Waals surface area contributed by atoms with Crippen LogP contribution in [0.2, 0.25) is 5.02 Å². The van der Waals surface area contributed by atoms with Crippen molar-refractivity contribution < 1.29 is 14.5 Å². The van der Waals surface area contributed by atoms with Crippen LogP contribution in [0.5, 0.6) is 0 Å². The fourth-order valence-corrected chi connectivity index (χ4v) is 3.40. The summed E-state index contributed by atoms with van der Waals surface area (Å²) in [6, 6.07) is 3.14. The molecule has 1 fully saturated rings. The number of nitrogens with zero attached hydrogens (tertiary/aromatic N) is 2.